The van der Waals surface area contributed by atoms with E-state index >= 15 is 0 Å². The van der Waals surface area contributed by atoms with Gasteiger partial charge in [-0.3, -0.25) is 4.72 Å². The third kappa shape index (κ3) is 3.67. The van der Waals surface area contributed by atoms with Crippen molar-refractivity contribution in [3.05, 3.63) is 50.4 Å². The Morgan fingerprint density at radius 3 is 2.10 bits per heavy atom. The summed E-state index contributed by atoms with van der Waals surface area (Å²) in [4.78, 5) is -0.264. The van der Waals surface area contributed by atoms with Crippen LogP contribution in [0.4, 0.5) is 11.4 Å². The molecular weight excluding hydrogens is 378 g/mol. The molecule has 0 atom stereocenters. The quantitative estimate of drug-likeness (QED) is 0.753. The minimum Gasteiger partial charge on any atom is -0.398 e. The molecule has 0 amide bonds. The average molecular weight is 386 g/mol. The molecule has 0 saturated carbocycles. The van der Waals surface area contributed by atoms with Gasteiger partial charge in [0.15, 0.2) is 0 Å². The molecule has 0 unspecified atom stereocenters. The van der Waals surface area contributed by atoms with Crippen LogP contribution in [0.15, 0.2) is 35.2 Å². The molecule has 4 nitrogen and oxygen atoms in total. The van der Waals surface area contributed by atoms with Crippen LogP contribution in [0, 0.1) is 0 Å². The minimum atomic E-state index is -4.02. The summed E-state index contributed by atoms with van der Waals surface area (Å²) in [5.74, 6) is 0. The molecule has 0 fully saturated rings. The number of halogens is 4. The molecule has 3 N–H and O–H groups in total. The molecule has 0 saturated heterocycles. The van der Waals surface area contributed by atoms with Crippen molar-refractivity contribution in [2.75, 3.05) is 10.5 Å². The van der Waals surface area contributed by atoms with E-state index in [4.69, 9.17) is 52.1 Å². The lowest BCUT2D eigenvalue weighted by atomic mass is 10.3. The van der Waals surface area contributed by atoms with E-state index in [2.05, 4.69) is 4.72 Å². The monoisotopic (exact) mass is 384 g/mol. The fourth-order valence-corrected chi connectivity index (χ4v) is 4.21. The molecule has 0 aliphatic carbocycles. The zero-order valence-corrected chi connectivity index (χ0v) is 14.0. The smallest absolute Gasteiger partial charge is 0.265 e. The second-order valence-electron chi connectivity index (χ2n) is 4.04. The molecule has 0 radical (unpaired) electrons. The Bertz CT molecular complexity index is 786. The summed E-state index contributed by atoms with van der Waals surface area (Å²) in [5, 5.41) is 0.681. The third-order valence-electron chi connectivity index (χ3n) is 2.48. The zero-order chi connectivity index (χ0) is 15.8. The van der Waals surface area contributed by atoms with E-state index in [1.807, 2.05) is 0 Å². The molecule has 9 heteroatoms. The predicted molar refractivity (Wildman–Crippen MR) is 88.1 cm³/mol. The van der Waals surface area contributed by atoms with E-state index in [1.165, 1.54) is 30.3 Å². The number of hydrogen-bond donors (Lipinski definition) is 2. The van der Waals surface area contributed by atoms with Crippen LogP contribution < -0.4 is 10.5 Å². The largest absolute Gasteiger partial charge is 0.398 e. The molecule has 0 bridgehead atoms. The molecular formula is C12H8Cl4N2O2S. The number of nitrogens with two attached hydrogens (primary N) is 1. The fraction of sp³-hybridized carbons (Fsp3) is 0. The summed E-state index contributed by atoms with van der Waals surface area (Å²) >= 11 is 23.4. The molecule has 0 aliphatic heterocycles. The summed E-state index contributed by atoms with van der Waals surface area (Å²) in [6.07, 6.45) is 0. The molecule has 2 aromatic rings. The molecule has 2 aromatic carbocycles. The minimum absolute atomic E-state index is 0.0647. The van der Waals surface area contributed by atoms with Crippen molar-refractivity contribution in [2.45, 2.75) is 4.90 Å². The first-order valence-electron chi connectivity index (χ1n) is 5.43. The SMILES string of the molecule is Nc1cc(Cl)cc(Cl)c1S(=O)(=O)Nc1ccc(Cl)cc1Cl. The standard InChI is InChI=1S/C12H8Cl4N2O2S/c13-6-1-2-11(8(15)3-6)18-21(19,20)12-9(16)4-7(14)5-10(12)17/h1-5,18H,17H2. The number of benzene rings is 2. The van der Waals surface area contributed by atoms with Gasteiger partial charge < -0.3 is 5.73 Å². The van der Waals surface area contributed by atoms with Gasteiger partial charge in [0, 0.05) is 10.0 Å². The number of nitrogens with one attached hydrogen (secondary N) is 1. The first-order valence-corrected chi connectivity index (χ1v) is 8.42. The number of anilines is 2. The maximum atomic E-state index is 12.4. The second-order valence-corrected chi connectivity index (χ2v) is 7.34. The topological polar surface area (TPSA) is 72.2 Å². The Labute approximate surface area is 141 Å². The highest BCUT2D eigenvalue weighted by molar-refractivity contribution is 7.93. The highest BCUT2D eigenvalue weighted by Gasteiger charge is 2.23. The van der Waals surface area contributed by atoms with Crippen LogP contribution in [0.25, 0.3) is 0 Å². The Kier molecular flexibility index (Phi) is 4.80. The van der Waals surface area contributed by atoms with Gasteiger partial charge in [-0.05, 0) is 30.3 Å². The van der Waals surface area contributed by atoms with Crippen LogP contribution in [-0.2, 0) is 10.0 Å². The van der Waals surface area contributed by atoms with Crippen molar-refractivity contribution in [1.82, 2.24) is 0 Å². The molecule has 2 rings (SSSR count). The van der Waals surface area contributed by atoms with Crippen molar-refractivity contribution in [3.8, 4) is 0 Å². The van der Waals surface area contributed by atoms with Gasteiger partial charge in [-0.2, -0.15) is 0 Å². The van der Waals surface area contributed by atoms with Gasteiger partial charge >= 0.3 is 0 Å². The van der Waals surface area contributed by atoms with Gasteiger partial charge in [0.1, 0.15) is 4.90 Å². The van der Waals surface area contributed by atoms with E-state index in [-0.39, 0.29) is 31.3 Å². The Morgan fingerprint density at radius 1 is 0.905 bits per heavy atom. The first kappa shape index (κ1) is 16.5. The van der Waals surface area contributed by atoms with Crippen molar-refractivity contribution in [3.63, 3.8) is 0 Å². The van der Waals surface area contributed by atoms with Crippen molar-refractivity contribution in [1.29, 1.82) is 0 Å². The molecule has 0 heterocycles. The maximum absolute atomic E-state index is 12.4. The average Bonchev–Trinajstić information content (AvgIpc) is 2.30. The van der Waals surface area contributed by atoms with E-state index in [9.17, 15) is 8.42 Å². The van der Waals surface area contributed by atoms with Gasteiger partial charge in [-0.15, -0.1) is 0 Å². The number of hydrogen-bond acceptors (Lipinski definition) is 3. The zero-order valence-electron chi connectivity index (χ0n) is 10.2. The fourth-order valence-electron chi connectivity index (χ4n) is 1.63. The van der Waals surface area contributed by atoms with Crippen LogP contribution >= 0.6 is 46.4 Å². The maximum Gasteiger partial charge on any atom is 0.265 e. The lowest BCUT2D eigenvalue weighted by Gasteiger charge is -2.13. The Balaban J connectivity index is 2.48. The van der Waals surface area contributed by atoms with Gasteiger partial charge in [-0.25, -0.2) is 8.42 Å². The van der Waals surface area contributed by atoms with E-state index in [0.29, 0.717) is 5.02 Å². The highest BCUT2D eigenvalue weighted by Crippen LogP contribution is 2.34. The van der Waals surface area contributed by atoms with E-state index in [1.54, 1.807) is 0 Å². The van der Waals surface area contributed by atoms with Crippen molar-refractivity contribution in [2.24, 2.45) is 0 Å². The first-order chi connectivity index (χ1) is 9.70. The van der Waals surface area contributed by atoms with Gasteiger partial charge in [0.25, 0.3) is 10.0 Å². The summed E-state index contributed by atoms with van der Waals surface area (Å²) in [6.45, 7) is 0. The molecule has 112 valence electrons. The summed E-state index contributed by atoms with van der Waals surface area (Å²) in [5.41, 5.74) is 5.78. The number of nitrogen functional groups attached to an aromatic ring is 1. The Hall–Kier alpha value is -0.850. The van der Waals surface area contributed by atoms with Crippen LogP contribution in [0.2, 0.25) is 20.1 Å². The molecule has 0 aliphatic rings. The Morgan fingerprint density at radius 2 is 1.52 bits per heavy atom. The second kappa shape index (κ2) is 6.10. The van der Waals surface area contributed by atoms with E-state index in [0.717, 1.165) is 0 Å². The molecule has 21 heavy (non-hydrogen) atoms. The normalized spacial score (nSPS) is 11.4. The predicted octanol–water partition coefficient (Wildman–Crippen LogP) is 4.68. The van der Waals surface area contributed by atoms with Crippen LogP contribution in [-0.4, -0.2) is 8.42 Å². The van der Waals surface area contributed by atoms with Crippen molar-refractivity contribution < 1.29 is 8.42 Å². The summed E-state index contributed by atoms with van der Waals surface area (Å²) in [7, 11) is -4.02. The number of rotatable bonds is 3. The summed E-state index contributed by atoms with van der Waals surface area (Å²) in [6, 6.07) is 6.93. The van der Waals surface area contributed by atoms with E-state index < -0.39 is 10.0 Å². The van der Waals surface area contributed by atoms with Gasteiger partial charge in [-0.1, -0.05) is 46.4 Å². The highest BCUT2D eigenvalue weighted by atomic mass is 35.5. The number of sulfonamides is 1. The van der Waals surface area contributed by atoms with Gasteiger partial charge in [0.2, 0.25) is 0 Å². The van der Waals surface area contributed by atoms with Crippen molar-refractivity contribution >= 4 is 67.8 Å². The lowest BCUT2D eigenvalue weighted by molar-refractivity contribution is 0.601. The lowest BCUT2D eigenvalue weighted by Crippen LogP contribution is -2.15. The molecule has 0 aromatic heterocycles. The third-order valence-corrected chi connectivity index (χ3v) is 5.14. The molecule has 0 spiro atoms. The summed E-state index contributed by atoms with van der Waals surface area (Å²) < 4.78 is 27.1. The van der Waals surface area contributed by atoms with Crippen LogP contribution in [0.5, 0.6) is 0 Å². The van der Waals surface area contributed by atoms with Gasteiger partial charge in [0.05, 0.1) is 21.4 Å². The van der Waals surface area contributed by atoms with Crippen LogP contribution in [0.1, 0.15) is 0 Å². The van der Waals surface area contributed by atoms with Crippen LogP contribution in [0.3, 0.4) is 0 Å².